The first-order valence-electron chi connectivity index (χ1n) is 8.43. The van der Waals surface area contributed by atoms with E-state index < -0.39 is 11.1 Å². The summed E-state index contributed by atoms with van der Waals surface area (Å²) in [4.78, 5) is 17.6. The first-order valence-corrected chi connectivity index (χ1v) is 8.43. The van der Waals surface area contributed by atoms with Gasteiger partial charge in [-0.2, -0.15) is 0 Å². The van der Waals surface area contributed by atoms with Gasteiger partial charge in [-0.25, -0.2) is 9.79 Å². The summed E-state index contributed by atoms with van der Waals surface area (Å²) in [6.45, 7) is 5.76. The van der Waals surface area contributed by atoms with Crippen LogP contribution in [0.5, 0.6) is 0 Å². The number of benzene rings is 2. The van der Waals surface area contributed by atoms with Gasteiger partial charge < -0.3 is 9.47 Å². The monoisotopic (exact) mass is 337 g/mol. The molecule has 0 unspecified atom stereocenters. The second-order valence-electron chi connectivity index (χ2n) is 7.27. The Bertz CT molecular complexity index is 763. The molecule has 2 aromatic carbocycles. The van der Waals surface area contributed by atoms with E-state index in [9.17, 15) is 4.79 Å². The van der Waals surface area contributed by atoms with Gasteiger partial charge in [0, 0.05) is 12.0 Å². The van der Waals surface area contributed by atoms with Crippen molar-refractivity contribution in [2.75, 3.05) is 6.61 Å². The topological polar surface area (TPSA) is 47.9 Å². The number of hydrogen-bond acceptors (Lipinski definition) is 4. The summed E-state index contributed by atoms with van der Waals surface area (Å²) in [6, 6.07) is 19.5. The van der Waals surface area contributed by atoms with Crippen LogP contribution in [0.25, 0.3) is 0 Å². The minimum Gasteiger partial charge on any atom is -0.474 e. The van der Waals surface area contributed by atoms with Crippen LogP contribution in [0.2, 0.25) is 0 Å². The average molecular weight is 337 g/mol. The zero-order valence-corrected chi connectivity index (χ0v) is 14.9. The molecule has 0 radical (unpaired) electrons. The highest BCUT2D eigenvalue weighted by Gasteiger charge is 2.47. The fourth-order valence-corrected chi connectivity index (χ4v) is 2.75. The van der Waals surface area contributed by atoms with Crippen molar-refractivity contribution in [2.24, 2.45) is 4.99 Å². The molecule has 1 aliphatic heterocycles. The molecule has 4 nitrogen and oxygen atoms in total. The Morgan fingerprint density at radius 3 is 2.28 bits per heavy atom. The number of hydrogen-bond donors (Lipinski definition) is 0. The van der Waals surface area contributed by atoms with Gasteiger partial charge in [-0.05, 0) is 38.5 Å². The molecule has 0 fully saturated rings. The average Bonchev–Trinajstić information content (AvgIpc) is 3.01. The van der Waals surface area contributed by atoms with Crippen LogP contribution in [0.15, 0.2) is 65.7 Å². The van der Waals surface area contributed by atoms with Gasteiger partial charge in [-0.1, -0.05) is 48.5 Å². The van der Waals surface area contributed by atoms with Crippen molar-refractivity contribution in [1.29, 1.82) is 0 Å². The molecule has 4 heteroatoms. The van der Waals surface area contributed by atoms with Gasteiger partial charge in [0.2, 0.25) is 5.90 Å². The molecule has 0 saturated carbocycles. The van der Waals surface area contributed by atoms with Gasteiger partial charge in [0.1, 0.15) is 12.2 Å². The summed E-state index contributed by atoms with van der Waals surface area (Å²) in [5, 5.41) is 0. The van der Waals surface area contributed by atoms with E-state index in [0.717, 1.165) is 11.1 Å². The predicted molar refractivity (Wildman–Crippen MR) is 97.7 cm³/mol. The molecule has 1 heterocycles. The van der Waals surface area contributed by atoms with E-state index >= 15 is 0 Å². The van der Waals surface area contributed by atoms with E-state index in [2.05, 4.69) is 4.99 Å². The summed E-state index contributed by atoms with van der Waals surface area (Å²) in [7, 11) is 0. The van der Waals surface area contributed by atoms with Gasteiger partial charge in [0.05, 0.1) is 0 Å². The van der Waals surface area contributed by atoms with Gasteiger partial charge in [0.25, 0.3) is 0 Å². The quantitative estimate of drug-likeness (QED) is 0.798. The van der Waals surface area contributed by atoms with Crippen LogP contribution >= 0.6 is 0 Å². The normalized spacial score (nSPS) is 19.9. The molecule has 3 rings (SSSR count). The first kappa shape index (κ1) is 17.2. The Kier molecular flexibility index (Phi) is 4.62. The lowest BCUT2D eigenvalue weighted by Crippen LogP contribution is -2.45. The van der Waals surface area contributed by atoms with Crippen LogP contribution in [-0.2, 0) is 20.7 Å². The molecule has 130 valence electrons. The highest BCUT2D eigenvalue weighted by Crippen LogP contribution is 2.29. The fraction of sp³-hybridized carbons (Fsp3) is 0.333. The second-order valence-corrected chi connectivity index (χ2v) is 7.27. The molecule has 2 aromatic rings. The van der Waals surface area contributed by atoms with Crippen molar-refractivity contribution in [3.05, 3.63) is 71.8 Å². The molecule has 0 saturated heterocycles. The first-order chi connectivity index (χ1) is 11.9. The minimum absolute atomic E-state index is 0.182. The fourth-order valence-electron chi connectivity index (χ4n) is 2.75. The Morgan fingerprint density at radius 1 is 1.08 bits per heavy atom. The molecule has 25 heavy (non-hydrogen) atoms. The predicted octanol–water partition coefficient (Wildman–Crippen LogP) is 3.79. The van der Waals surface area contributed by atoms with E-state index in [-0.39, 0.29) is 12.6 Å². The van der Waals surface area contributed by atoms with E-state index in [0.29, 0.717) is 12.3 Å². The summed E-state index contributed by atoms with van der Waals surface area (Å²) >= 11 is 0. The van der Waals surface area contributed by atoms with Crippen LogP contribution in [0.4, 0.5) is 0 Å². The second kappa shape index (κ2) is 6.71. The zero-order chi connectivity index (χ0) is 17.9. The molecule has 0 bridgehead atoms. The summed E-state index contributed by atoms with van der Waals surface area (Å²) in [5.41, 5.74) is 0.252. The largest absolute Gasteiger partial charge is 0.474 e. The van der Waals surface area contributed by atoms with E-state index in [4.69, 9.17) is 9.47 Å². The molecular formula is C21H23NO3. The lowest BCUT2D eigenvalue weighted by atomic mass is 9.92. The molecule has 0 aromatic heterocycles. The van der Waals surface area contributed by atoms with Crippen LogP contribution < -0.4 is 0 Å². The summed E-state index contributed by atoms with van der Waals surface area (Å²) < 4.78 is 11.5. The lowest BCUT2D eigenvalue weighted by molar-refractivity contribution is -0.162. The van der Waals surface area contributed by atoms with Gasteiger partial charge in [-0.15, -0.1) is 0 Å². The van der Waals surface area contributed by atoms with Crippen molar-refractivity contribution in [3.8, 4) is 0 Å². The van der Waals surface area contributed by atoms with Crippen LogP contribution in [0, 0.1) is 0 Å². The Labute approximate surface area is 148 Å². The van der Waals surface area contributed by atoms with Crippen LogP contribution in [-0.4, -0.2) is 29.6 Å². The maximum Gasteiger partial charge on any atom is 0.338 e. The molecular weight excluding hydrogens is 314 g/mol. The molecule has 0 aliphatic carbocycles. The van der Waals surface area contributed by atoms with Crippen molar-refractivity contribution >= 4 is 11.9 Å². The molecule has 0 spiro atoms. The number of carbonyl (C=O) groups excluding carboxylic acids is 1. The summed E-state index contributed by atoms with van der Waals surface area (Å²) in [6.07, 6.45) is 0.444. The van der Waals surface area contributed by atoms with Crippen LogP contribution in [0.1, 0.15) is 31.9 Å². The van der Waals surface area contributed by atoms with E-state index in [1.54, 1.807) is 0 Å². The van der Waals surface area contributed by atoms with Gasteiger partial charge in [-0.3, -0.25) is 0 Å². The number of ether oxygens (including phenoxy) is 2. The van der Waals surface area contributed by atoms with Crippen molar-refractivity contribution in [1.82, 2.24) is 0 Å². The highest BCUT2D eigenvalue weighted by atomic mass is 16.6. The van der Waals surface area contributed by atoms with Crippen molar-refractivity contribution in [2.45, 2.75) is 38.3 Å². The third kappa shape index (κ3) is 4.08. The standard InChI is InChI=1S/C21H23NO3/c1-20(2,3)25-19(23)21(14-16-10-6-4-7-11-16)15-24-18(22-21)17-12-8-5-9-13-17/h4-13H,14-15H2,1-3H3/t21-/m0/s1. The van der Waals surface area contributed by atoms with Crippen molar-refractivity contribution in [3.63, 3.8) is 0 Å². The minimum atomic E-state index is -1.06. The molecule has 0 N–H and O–H groups in total. The molecule has 1 aliphatic rings. The zero-order valence-electron chi connectivity index (χ0n) is 14.9. The number of aliphatic imine (C=N–C) groups is 1. The van der Waals surface area contributed by atoms with Gasteiger partial charge >= 0.3 is 5.97 Å². The van der Waals surface area contributed by atoms with Crippen molar-refractivity contribution < 1.29 is 14.3 Å². The van der Waals surface area contributed by atoms with E-state index in [1.807, 2.05) is 81.4 Å². The Balaban J connectivity index is 1.96. The maximum absolute atomic E-state index is 13.0. The maximum atomic E-state index is 13.0. The highest BCUT2D eigenvalue weighted by molar-refractivity contribution is 5.99. The molecule has 0 amide bonds. The Hall–Kier alpha value is -2.62. The number of nitrogens with zero attached hydrogens (tertiary/aromatic N) is 1. The third-order valence-corrected chi connectivity index (χ3v) is 3.90. The Morgan fingerprint density at radius 2 is 1.68 bits per heavy atom. The van der Waals surface area contributed by atoms with E-state index in [1.165, 1.54) is 0 Å². The number of esters is 1. The number of carbonyl (C=O) groups is 1. The lowest BCUT2D eigenvalue weighted by Gasteiger charge is -2.28. The SMILES string of the molecule is CC(C)(C)OC(=O)[C@]1(Cc2ccccc2)COC(c2ccccc2)=N1. The smallest absolute Gasteiger partial charge is 0.338 e. The third-order valence-electron chi connectivity index (χ3n) is 3.90. The summed E-state index contributed by atoms with van der Waals surface area (Å²) in [5.74, 6) is 0.136. The number of rotatable bonds is 4. The van der Waals surface area contributed by atoms with Crippen LogP contribution in [0.3, 0.4) is 0 Å². The molecule has 1 atom stereocenters. The van der Waals surface area contributed by atoms with Gasteiger partial charge in [0.15, 0.2) is 5.54 Å².